The number of rotatable bonds is 5. The van der Waals surface area contributed by atoms with E-state index in [1.165, 1.54) is 12.1 Å². The molecule has 1 saturated carbocycles. The van der Waals surface area contributed by atoms with Crippen LogP contribution in [0.25, 0.3) is 0 Å². The predicted octanol–water partition coefficient (Wildman–Crippen LogP) is 4.26. The Morgan fingerprint density at radius 2 is 1.73 bits per heavy atom. The topological polar surface area (TPSA) is 55.4 Å². The fourth-order valence-corrected chi connectivity index (χ4v) is 3.10. The van der Waals surface area contributed by atoms with Crippen LogP contribution in [0.3, 0.4) is 0 Å². The van der Waals surface area contributed by atoms with Crippen molar-refractivity contribution in [3.8, 4) is 0 Å². The summed E-state index contributed by atoms with van der Waals surface area (Å²) in [5.41, 5.74) is 1.09. The Balaban J connectivity index is 0.000000350. The van der Waals surface area contributed by atoms with E-state index in [0.29, 0.717) is 12.5 Å². The lowest BCUT2D eigenvalue weighted by Crippen LogP contribution is -2.37. The minimum absolute atomic E-state index is 0.00319. The van der Waals surface area contributed by atoms with Crippen LogP contribution in [-0.4, -0.2) is 25.0 Å². The maximum absolute atomic E-state index is 12.1. The molecule has 0 radical (unpaired) electrons. The van der Waals surface area contributed by atoms with Crippen molar-refractivity contribution in [2.24, 2.45) is 17.8 Å². The summed E-state index contributed by atoms with van der Waals surface area (Å²) >= 11 is 0. The number of nitrogens with one attached hydrogen (secondary N) is 1. The lowest BCUT2D eigenvalue weighted by Gasteiger charge is -2.30. The molecule has 2 rings (SSSR count). The van der Waals surface area contributed by atoms with Gasteiger partial charge in [-0.2, -0.15) is 0 Å². The molecular weight excluding hydrogens is 333 g/mol. The quantitative estimate of drug-likeness (QED) is 0.793. The third kappa shape index (κ3) is 8.45. The number of amides is 1. The third-order valence-corrected chi connectivity index (χ3v) is 4.81. The van der Waals surface area contributed by atoms with Crippen LogP contribution >= 0.6 is 0 Å². The van der Waals surface area contributed by atoms with E-state index in [9.17, 15) is 14.0 Å². The van der Waals surface area contributed by atoms with Crippen molar-refractivity contribution < 1.29 is 18.7 Å². The molecule has 0 aliphatic heterocycles. The first-order valence-electron chi connectivity index (χ1n) is 9.49. The van der Waals surface area contributed by atoms with Crippen LogP contribution in [0.2, 0.25) is 0 Å². The van der Waals surface area contributed by atoms with Gasteiger partial charge in [-0.1, -0.05) is 31.5 Å². The van der Waals surface area contributed by atoms with Gasteiger partial charge in [0.05, 0.1) is 6.61 Å². The molecule has 0 heterocycles. The Bertz CT molecular complexity index is 528. The molecule has 0 unspecified atom stereocenters. The fraction of sp³-hybridized carbons (Fsp3) is 0.619. The number of esters is 1. The molecule has 0 atom stereocenters. The van der Waals surface area contributed by atoms with Crippen molar-refractivity contribution in [1.82, 2.24) is 5.32 Å². The second-order valence-corrected chi connectivity index (χ2v) is 7.17. The molecule has 1 aromatic carbocycles. The lowest BCUT2D eigenvalue weighted by atomic mass is 9.77. The SMILES string of the molecule is CCOC(=O)CNC(=O)C1CCC(C(C)C)CC1.Cc1ccc(F)cc1. The number of aryl methyl sites for hydroxylation is 1. The average molecular weight is 365 g/mol. The molecule has 4 nitrogen and oxygen atoms in total. The maximum Gasteiger partial charge on any atom is 0.325 e. The zero-order chi connectivity index (χ0) is 19.5. The van der Waals surface area contributed by atoms with Crippen molar-refractivity contribution in [1.29, 1.82) is 0 Å². The molecule has 26 heavy (non-hydrogen) atoms. The van der Waals surface area contributed by atoms with Crippen LogP contribution < -0.4 is 5.32 Å². The number of hydrogen-bond donors (Lipinski definition) is 1. The minimum atomic E-state index is -0.360. The highest BCUT2D eigenvalue weighted by molar-refractivity contribution is 5.83. The third-order valence-electron chi connectivity index (χ3n) is 4.81. The van der Waals surface area contributed by atoms with Gasteiger partial charge in [-0.15, -0.1) is 0 Å². The maximum atomic E-state index is 12.1. The average Bonchev–Trinajstić information content (AvgIpc) is 2.63. The second-order valence-electron chi connectivity index (χ2n) is 7.17. The molecule has 1 aromatic rings. The molecule has 5 heteroatoms. The van der Waals surface area contributed by atoms with Gasteiger partial charge in [0, 0.05) is 5.92 Å². The normalized spacial score (nSPS) is 19.3. The lowest BCUT2D eigenvalue weighted by molar-refractivity contribution is -0.144. The number of hydrogen-bond acceptors (Lipinski definition) is 3. The summed E-state index contributed by atoms with van der Waals surface area (Å²) in [6, 6.07) is 6.40. The molecule has 1 amide bonds. The smallest absolute Gasteiger partial charge is 0.325 e. The van der Waals surface area contributed by atoms with Crippen molar-refractivity contribution in [2.75, 3.05) is 13.2 Å². The van der Waals surface area contributed by atoms with Gasteiger partial charge < -0.3 is 10.1 Å². The Morgan fingerprint density at radius 1 is 1.15 bits per heavy atom. The highest BCUT2D eigenvalue weighted by Crippen LogP contribution is 2.33. The summed E-state index contributed by atoms with van der Waals surface area (Å²) < 4.78 is 16.9. The summed E-state index contributed by atoms with van der Waals surface area (Å²) in [7, 11) is 0. The summed E-state index contributed by atoms with van der Waals surface area (Å²) in [5, 5.41) is 2.67. The molecule has 0 bridgehead atoms. The Hall–Kier alpha value is -1.91. The van der Waals surface area contributed by atoms with Crippen LogP contribution in [0.5, 0.6) is 0 Å². The summed E-state index contributed by atoms with van der Waals surface area (Å²) in [6.07, 6.45) is 4.12. The van der Waals surface area contributed by atoms with E-state index >= 15 is 0 Å². The van der Waals surface area contributed by atoms with Gasteiger partial charge in [-0.25, -0.2) is 4.39 Å². The standard InChI is InChI=1S/C14H25NO3.C7H7F/c1-4-18-13(16)9-15-14(17)12-7-5-11(6-8-12)10(2)3;1-6-2-4-7(8)5-3-6/h10-12H,4-9H2,1-3H3,(H,15,17);2-5H,1H3. The zero-order valence-corrected chi connectivity index (χ0v) is 16.4. The molecule has 146 valence electrons. The van der Waals surface area contributed by atoms with Crippen LogP contribution in [-0.2, 0) is 14.3 Å². The molecule has 1 aliphatic rings. The Morgan fingerprint density at radius 3 is 2.19 bits per heavy atom. The Kier molecular flexibility index (Phi) is 9.92. The fourth-order valence-electron chi connectivity index (χ4n) is 3.10. The van der Waals surface area contributed by atoms with Gasteiger partial charge in [-0.3, -0.25) is 9.59 Å². The first-order chi connectivity index (χ1) is 12.3. The van der Waals surface area contributed by atoms with E-state index in [1.54, 1.807) is 19.1 Å². The minimum Gasteiger partial charge on any atom is -0.465 e. The summed E-state index contributed by atoms with van der Waals surface area (Å²) in [5.74, 6) is 1.00. The van der Waals surface area contributed by atoms with Crippen LogP contribution in [0, 0.1) is 30.5 Å². The van der Waals surface area contributed by atoms with Crippen LogP contribution in [0.4, 0.5) is 4.39 Å². The predicted molar refractivity (Wildman–Crippen MR) is 101 cm³/mol. The zero-order valence-electron chi connectivity index (χ0n) is 16.4. The van der Waals surface area contributed by atoms with E-state index in [0.717, 1.165) is 37.2 Å². The van der Waals surface area contributed by atoms with Crippen LogP contribution in [0.1, 0.15) is 52.0 Å². The van der Waals surface area contributed by atoms with Gasteiger partial charge in [0.2, 0.25) is 5.91 Å². The van der Waals surface area contributed by atoms with Crippen molar-refractivity contribution in [3.63, 3.8) is 0 Å². The van der Waals surface area contributed by atoms with Crippen molar-refractivity contribution in [3.05, 3.63) is 35.6 Å². The van der Waals surface area contributed by atoms with E-state index in [2.05, 4.69) is 19.2 Å². The monoisotopic (exact) mass is 365 g/mol. The van der Waals surface area contributed by atoms with E-state index in [4.69, 9.17) is 4.74 Å². The van der Waals surface area contributed by atoms with Gasteiger partial charge in [0.25, 0.3) is 0 Å². The highest BCUT2D eigenvalue weighted by Gasteiger charge is 2.27. The van der Waals surface area contributed by atoms with E-state index < -0.39 is 0 Å². The van der Waals surface area contributed by atoms with Crippen LogP contribution in [0.15, 0.2) is 24.3 Å². The molecule has 0 spiro atoms. The van der Waals surface area contributed by atoms with Crippen molar-refractivity contribution in [2.45, 2.75) is 53.4 Å². The highest BCUT2D eigenvalue weighted by atomic mass is 19.1. The second kappa shape index (κ2) is 11.7. The molecule has 0 aromatic heterocycles. The molecule has 0 saturated heterocycles. The van der Waals surface area contributed by atoms with Gasteiger partial charge >= 0.3 is 5.97 Å². The number of benzene rings is 1. The molecule has 1 N–H and O–H groups in total. The first-order valence-corrected chi connectivity index (χ1v) is 9.49. The van der Waals surface area contributed by atoms with Crippen molar-refractivity contribution >= 4 is 11.9 Å². The summed E-state index contributed by atoms with van der Waals surface area (Å²) in [4.78, 5) is 23.0. The van der Waals surface area contributed by atoms with Gasteiger partial charge in [0.15, 0.2) is 0 Å². The molecular formula is C21H32FNO3. The largest absolute Gasteiger partial charge is 0.465 e. The number of halogens is 1. The van der Waals surface area contributed by atoms with E-state index in [1.807, 2.05) is 6.92 Å². The van der Waals surface area contributed by atoms with E-state index in [-0.39, 0.29) is 30.2 Å². The number of ether oxygens (including phenoxy) is 1. The van der Waals surface area contributed by atoms with Gasteiger partial charge in [0.1, 0.15) is 12.4 Å². The van der Waals surface area contributed by atoms with Gasteiger partial charge in [-0.05, 0) is 63.5 Å². The molecule has 1 aliphatic carbocycles. The Labute approximate surface area is 156 Å². The summed E-state index contributed by atoms with van der Waals surface area (Å²) in [6.45, 7) is 8.52. The molecule has 1 fully saturated rings. The first kappa shape index (κ1) is 22.1. The number of carbonyl (C=O) groups excluding carboxylic acids is 2. The number of carbonyl (C=O) groups is 2.